The molecule has 0 spiro atoms. The number of carbonyl (C=O) groups excluding carboxylic acids is 2. The first kappa shape index (κ1) is 19.9. The van der Waals surface area contributed by atoms with Gasteiger partial charge in [0, 0.05) is 12.5 Å². The number of anilines is 1. The smallest absolute Gasteiger partial charge is 0.254 e. The molecule has 28 heavy (non-hydrogen) atoms. The van der Waals surface area contributed by atoms with Crippen LogP contribution in [0, 0.1) is 6.92 Å². The van der Waals surface area contributed by atoms with Gasteiger partial charge in [-0.15, -0.1) is 0 Å². The van der Waals surface area contributed by atoms with Crippen LogP contribution in [0.1, 0.15) is 50.4 Å². The molecular weight excluding hydrogens is 352 g/mol. The summed E-state index contributed by atoms with van der Waals surface area (Å²) in [5.41, 5.74) is 4.07. The van der Waals surface area contributed by atoms with E-state index in [1.165, 1.54) is 12.5 Å². The second-order valence-corrected chi connectivity index (χ2v) is 8.26. The molecule has 0 saturated heterocycles. The lowest BCUT2D eigenvalue weighted by Gasteiger charge is -2.21. The van der Waals surface area contributed by atoms with Gasteiger partial charge in [-0.1, -0.05) is 51.1 Å². The van der Waals surface area contributed by atoms with Gasteiger partial charge >= 0.3 is 0 Å². The summed E-state index contributed by atoms with van der Waals surface area (Å²) in [6, 6.07) is 13.2. The summed E-state index contributed by atoms with van der Waals surface area (Å²) in [5, 5.41) is 2.76. The highest BCUT2D eigenvalue weighted by atomic mass is 16.5. The summed E-state index contributed by atoms with van der Waals surface area (Å²) >= 11 is 0. The lowest BCUT2D eigenvalue weighted by Crippen LogP contribution is -2.38. The van der Waals surface area contributed by atoms with Gasteiger partial charge in [-0.2, -0.15) is 0 Å². The zero-order valence-electron chi connectivity index (χ0n) is 17.2. The maximum Gasteiger partial charge on any atom is 0.254 e. The molecule has 2 aromatic rings. The third kappa shape index (κ3) is 4.03. The number of hydrogen-bond acceptors (Lipinski definition) is 3. The molecule has 1 heterocycles. The van der Waals surface area contributed by atoms with Crippen molar-refractivity contribution in [2.75, 3.05) is 18.1 Å². The maximum absolute atomic E-state index is 12.9. The average molecular weight is 380 g/mol. The van der Waals surface area contributed by atoms with Gasteiger partial charge in [0.1, 0.15) is 18.4 Å². The molecule has 0 saturated carbocycles. The number of benzene rings is 2. The zero-order valence-corrected chi connectivity index (χ0v) is 17.2. The van der Waals surface area contributed by atoms with Crippen LogP contribution in [-0.2, 0) is 15.0 Å². The minimum absolute atomic E-state index is 0.0977. The lowest BCUT2D eigenvalue weighted by atomic mass is 9.87. The van der Waals surface area contributed by atoms with Crippen LogP contribution < -0.4 is 15.0 Å². The third-order valence-electron chi connectivity index (χ3n) is 5.01. The number of aryl methyl sites for hydroxylation is 1. The van der Waals surface area contributed by atoms with Gasteiger partial charge in [0.25, 0.3) is 5.91 Å². The van der Waals surface area contributed by atoms with Crippen LogP contribution >= 0.6 is 0 Å². The first-order valence-corrected chi connectivity index (χ1v) is 9.60. The van der Waals surface area contributed by atoms with Gasteiger partial charge in [0.05, 0.1) is 12.2 Å². The van der Waals surface area contributed by atoms with E-state index in [0.717, 1.165) is 22.6 Å². The molecule has 3 rings (SSSR count). The van der Waals surface area contributed by atoms with Crippen molar-refractivity contribution in [2.24, 2.45) is 0 Å². The minimum atomic E-state index is -0.626. The van der Waals surface area contributed by atoms with E-state index in [1.54, 1.807) is 4.90 Å². The second kappa shape index (κ2) is 7.66. The van der Waals surface area contributed by atoms with Gasteiger partial charge < -0.3 is 15.0 Å². The van der Waals surface area contributed by atoms with E-state index in [9.17, 15) is 9.59 Å². The average Bonchev–Trinajstić information content (AvgIpc) is 2.88. The van der Waals surface area contributed by atoms with E-state index in [-0.39, 0.29) is 17.2 Å². The van der Waals surface area contributed by atoms with Crippen LogP contribution in [0.15, 0.2) is 42.5 Å². The highest BCUT2D eigenvalue weighted by Gasteiger charge is 2.38. The number of amides is 2. The van der Waals surface area contributed by atoms with Crippen molar-refractivity contribution in [1.82, 2.24) is 5.32 Å². The Morgan fingerprint density at radius 3 is 2.43 bits per heavy atom. The first-order valence-electron chi connectivity index (χ1n) is 9.60. The van der Waals surface area contributed by atoms with E-state index < -0.39 is 6.04 Å². The molecule has 5 nitrogen and oxygen atoms in total. The summed E-state index contributed by atoms with van der Waals surface area (Å²) in [7, 11) is 0. The molecule has 148 valence electrons. The standard InChI is InChI=1S/C23H28N2O3/c1-15-7-6-8-19-20(24-16(2)26)22(27)25(21(15)19)13-14-28-18-11-9-17(10-12-18)23(3,4)5/h6-12,20H,13-14H2,1-5H3,(H,24,26). The fraction of sp³-hybridized carbons (Fsp3) is 0.391. The van der Waals surface area contributed by atoms with E-state index in [2.05, 4.69) is 38.2 Å². The van der Waals surface area contributed by atoms with Crippen LogP contribution in [-0.4, -0.2) is 25.0 Å². The molecule has 1 aliphatic rings. The molecule has 1 aliphatic heterocycles. The topological polar surface area (TPSA) is 58.6 Å². The summed E-state index contributed by atoms with van der Waals surface area (Å²) in [6.07, 6.45) is 0. The number of ether oxygens (including phenoxy) is 1. The van der Waals surface area contributed by atoms with Crippen molar-refractivity contribution in [1.29, 1.82) is 0 Å². The molecule has 1 unspecified atom stereocenters. The summed E-state index contributed by atoms with van der Waals surface area (Å²) < 4.78 is 5.87. The van der Waals surface area contributed by atoms with Crippen LogP contribution in [0.2, 0.25) is 0 Å². The minimum Gasteiger partial charge on any atom is -0.492 e. The Kier molecular flexibility index (Phi) is 5.45. The lowest BCUT2D eigenvalue weighted by molar-refractivity contribution is -0.126. The van der Waals surface area contributed by atoms with Gasteiger partial charge in [0.2, 0.25) is 5.91 Å². The van der Waals surface area contributed by atoms with Crippen molar-refractivity contribution in [2.45, 2.75) is 46.1 Å². The van der Waals surface area contributed by atoms with E-state index in [1.807, 2.05) is 37.3 Å². The van der Waals surface area contributed by atoms with Gasteiger partial charge in [-0.3, -0.25) is 9.59 Å². The van der Waals surface area contributed by atoms with Crippen LogP contribution in [0.25, 0.3) is 0 Å². The van der Waals surface area contributed by atoms with Crippen LogP contribution in [0.5, 0.6) is 5.75 Å². The number of nitrogens with zero attached hydrogens (tertiary/aromatic N) is 1. The molecule has 1 atom stereocenters. The van der Waals surface area contributed by atoms with Gasteiger partial charge in [0.15, 0.2) is 0 Å². The Bertz CT molecular complexity index is 882. The molecule has 5 heteroatoms. The number of fused-ring (bicyclic) bond motifs is 1. The summed E-state index contributed by atoms with van der Waals surface area (Å²) in [4.78, 5) is 26.2. The SMILES string of the molecule is CC(=O)NC1C(=O)N(CCOc2ccc(C(C)(C)C)cc2)c2c(C)cccc21. The molecule has 0 bridgehead atoms. The van der Waals surface area contributed by atoms with Crippen LogP contribution in [0.4, 0.5) is 5.69 Å². The molecule has 0 fully saturated rings. The highest BCUT2D eigenvalue weighted by molar-refractivity contribution is 6.06. The number of rotatable bonds is 5. The third-order valence-corrected chi connectivity index (χ3v) is 5.01. The van der Waals surface area contributed by atoms with E-state index in [4.69, 9.17) is 4.74 Å². The number of para-hydroxylation sites is 1. The maximum atomic E-state index is 12.9. The summed E-state index contributed by atoms with van der Waals surface area (Å²) in [6.45, 7) is 10.7. The summed E-state index contributed by atoms with van der Waals surface area (Å²) in [5.74, 6) is 0.442. The quantitative estimate of drug-likeness (QED) is 0.856. The predicted octanol–water partition coefficient (Wildman–Crippen LogP) is 3.90. The first-order chi connectivity index (χ1) is 13.2. The van der Waals surface area contributed by atoms with E-state index >= 15 is 0 Å². The normalized spacial score (nSPS) is 16.1. The van der Waals surface area contributed by atoms with Gasteiger partial charge in [-0.25, -0.2) is 0 Å². The molecule has 2 aromatic carbocycles. The fourth-order valence-corrected chi connectivity index (χ4v) is 3.55. The van der Waals surface area contributed by atoms with Crippen molar-refractivity contribution in [3.05, 3.63) is 59.2 Å². The number of hydrogen-bond donors (Lipinski definition) is 1. The Balaban J connectivity index is 1.71. The van der Waals surface area contributed by atoms with Gasteiger partial charge in [-0.05, 0) is 35.6 Å². The molecule has 2 amide bonds. The largest absolute Gasteiger partial charge is 0.492 e. The Labute approximate surface area is 166 Å². The molecule has 1 N–H and O–H groups in total. The number of nitrogens with one attached hydrogen (secondary N) is 1. The monoisotopic (exact) mass is 380 g/mol. The van der Waals surface area contributed by atoms with Crippen molar-refractivity contribution in [3.8, 4) is 5.75 Å². The fourth-order valence-electron chi connectivity index (χ4n) is 3.55. The van der Waals surface area contributed by atoms with Crippen LogP contribution in [0.3, 0.4) is 0 Å². The predicted molar refractivity (Wildman–Crippen MR) is 111 cm³/mol. The molecular formula is C23H28N2O3. The Morgan fingerprint density at radius 1 is 1.14 bits per heavy atom. The second-order valence-electron chi connectivity index (χ2n) is 8.26. The van der Waals surface area contributed by atoms with Crippen molar-refractivity contribution >= 4 is 17.5 Å². The van der Waals surface area contributed by atoms with E-state index in [0.29, 0.717) is 13.2 Å². The van der Waals surface area contributed by atoms with Crippen molar-refractivity contribution < 1.29 is 14.3 Å². The molecule has 0 radical (unpaired) electrons. The van der Waals surface area contributed by atoms with Crippen molar-refractivity contribution in [3.63, 3.8) is 0 Å². The molecule has 0 aliphatic carbocycles. The Morgan fingerprint density at radius 2 is 1.82 bits per heavy atom. The Hall–Kier alpha value is -2.82. The molecule has 0 aromatic heterocycles. The number of carbonyl (C=O) groups is 2. The zero-order chi connectivity index (χ0) is 20.5. The highest BCUT2D eigenvalue weighted by Crippen LogP contribution is 2.38.